The summed E-state index contributed by atoms with van der Waals surface area (Å²) in [6.07, 6.45) is 3.43. The fourth-order valence-corrected chi connectivity index (χ4v) is 2.94. The molecule has 0 atom stereocenters. The molecule has 0 unspecified atom stereocenters. The summed E-state index contributed by atoms with van der Waals surface area (Å²) in [6, 6.07) is 11.7. The van der Waals surface area contributed by atoms with E-state index in [0.717, 1.165) is 12.1 Å². The maximum absolute atomic E-state index is 13.9. The molecule has 2 aromatic carbocycles. The van der Waals surface area contributed by atoms with E-state index in [0.29, 0.717) is 28.0 Å². The van der Waals surface area contributed by atoms with Crippen molar-refractivity contribution in [3.8, 4) is 22.4 Å². The van der Waals surface area contributed by atoms with Crippen LogP contribution in [-0.4, -0.2) is 14.5 Å². The average molecular weight is 354 g/mol. The van der Waals surface area contributed by atoms with Gasteiger partial charge in [-0.1, -0.05) is 12.1 Å². The zero-order valence-corrected chi connectivity index (χ0v) is 13.5. The quantitative estimate of drug-likeness (QED) is 0.585. The molecule has 3 nitrogen and oxygen atoms in total. The van der Waals surface area contributed by atoms with Crippen LogP contribution in [-0.2, 0) is 6.61 Å². The molecular formula is C20H13F3N2O. The van der Waals surface area contributed by atoms with Gasteiger partial charge in [0.15, 0.2) is 11.6 Å². The zero-order chi connectivity index (χ0) is 18.3. The second-order valence-corrected chi connectivity index (χ2v) is 5.86. The van der Waals surface area contributed by atoms with Gasteiger partial charge in [-0.3, -0.25) is 0 Å². The number of imidazole rings is 1. The molecule has 0 bridgehead atoms. The molecule has 130 valence electrons. The number of aliphatic hydroxyl groups is 1. The summed E-state index contributed by atoms with van der Waals surface area (Å²) < 4.78 is 42.2. The normalized spacial score (nSPS) is 11.2. The van der Waals surface area contributed by atoms with Gasteiger partial charge in [0.1, 0.15) is 11.5 Å². The van der Waals surface area contributed by atoms with Crippen LogP contribution in [0.15, 0.2) is 60.9 Å². The minimum Gasteiger partial charge on any atom is -0.392 e. The van der Waals surface area contributed by atoms with Crippen molar-refractivity contribution in [1.82, 2.24) is 9.38 Å². The number of hydrogen-bond donors (Lipinski definition) is 1. The lowest BCUT2D eigenvalue weighted by Crippen LogP contribution is -1.95. The van der Waals surface area contributed by atoms with Crippen molar-refractivity contribution in [2.45, 2.75) is 6.61 Å². The smallest absolute Gasteiger partial charge is 0.159 e. The van der Waals surface area contributed by atoms with Gasteiger partial charge in [0.05, 0.1) is 12.3 Å². The van der Waals surface area contributed by atoms with E-state index < -0.39 is 24.1 Å². The zero-order valence-electron chi connectivity index (χ0n) is 13.5. The lowest BCUT2D eigenvalue weighted by atomic mass is 10.0. The Bertz CT molecular complexity index is 1120. The van der Waals surface area contributed by atoms with E-state index >= 15 is 0 Å². The third-order valence-corrected chi connectivity index (χ3v) is 4.25. The molecule has 0 aliphatic carbocycles. The number of rotatable bonds is 3. The van der Waals surface area contributed by atoms with Gasteiger partial charge in [0, 0.05) is 23.5 Å². The molecule has 4 aromatic rings. The van der Waals surface area contributed by atoms with Crippen molar-refractivity contribution in [1.29, 1.82) is 0 Å². The Morgan fingerprint density at radius 1 is 0.846 bits per heavy atom. The molecule has 0 aliphatic rings. The van der Waals surface area contributed by atoms with Crippen LogP contribution in [0.25, 0.3) is 28.0 Å². The van der Waals surface area contributed by atoms with Gasteiger partial charge in [-0.25, -0.2) is 18.2 Å². The summed E-state index contributed by atoms with van der Waals surface area (Å²) in [5.74, 6) is -2.33. The average Bonchev–Trinajstić information content (AvgIpc) is 3.07. The predicted octanol–water partition coefficient (Wildman–Crippen LogP) is 4.58. The maximum Gasteiger partial charge on any atom is 0.159 e. The maximum atomic E-state index is 13.9. The molecule has 0 radical (unpaired) electrons. The SMILES string of the molecule is OCc1c(F)cccc1-c1ccc2nc(-c3ccc(F)c(F)c3)cn2c1. The first-order valence-corrected chi connectivity index (χ1v) is 7.89. The molecule has 0 spiro atoms. The van der Waals surface area contributed by atoms with Gasteiger partial charge in [-0.05, 0) is 47.5 Å². The molecule has 6 heteroatoms. The van der Waals surface area contributed by atoms with Crippen molar-refractivity contribution < 1.29 is 18.3 Å². The predicted molar refractivity (Wildman–Crippen MR) is 91.9 cm³/mol. The molecule has 0 saturated carbocycles. The van der Waals surface area contributed by atoms with Crippen molar-refractivity contribution >= 4 is 5.65 Å². The second kappa shape index (κ2) is 6.31. The van der Waals surface area contributed by atoms with Crippen LogP contribution < -0.4 is 0 Å². The Morgan fingerprint density at radius 2 is 1.65 bits per heavy atom. The standard InChI is InChI=1S/C20H13F3N2O/c21-16-3-1-2-14(15(16)11-26)13-5-7-20-24-19(10-25(20)9-13)12-4-6-17(22)18(23)8-12/h1-10,26H,11H2. The Kier molecular flexibility index (Phi) is 3.97. The molecule has 2 aromatic heterocycles. The van der Waals surface area contributed by atoms with E-state index in [1.807, 2.05) is 0 Å². The summed E-state index contributed by atoms with van der Waals surface area (Å²) in [4.78, 5) is 4.40. The highest BCUT2D eigenvalue weighted by Crippen LogP contribution is 2.28. The van der Waals surface area contributed by atoms with E-state index in [9.17, 15) is 18.3 Å². The minimum absolute atomic E-state index is 0.216. The summed E-state index contributed by atoms with van der Waals surface area (Å²) in [5.41, 5.74) is 3.05. The van der Waals surface area contributed by atoms with E-state index in [2.05, 4.69) is 4.98 Å². The van der Waals surface area contributed by atoms with E-state index in [-0.39, 0.29) is 5.56 Å². The number of aliphatic hydroxyl groups excluding tert-OH is 1. The largest absolute Gasteiger partial charge is 0.392 e. The molecular weight excluding hydrogens is 341 g/mol. The van der Waals surface area contributed by atoms with Gasteiger partial charge in [-0.15, -0.1) is 0 Å². The number of nitrogens with zero attached hydrogens (tertiary/aromatic N) is 2. The first-order valence-electron chi connectivity index (χ1n) is 7.89. The number of pyridine rings is 1. The Balaban J connectivity index is 1.82. The molecule has 2 heterocycles. The van der Waals surface area contributed by atoms with Crippen LogP contribution in [0.4, 0.5) is 13.2 Å². The molecule has 0 saturated heterocycles. The van der Waals surface area contributed by atoms with Crippen molar-refractivity contribution in [3.63, 3.8) is 0 Å². The van der Waals surface area contributed by atoms with Crippen molar-refractivity contribution in [3.05, 3.63) is 83.9 Å². The number of hydrogen-bond acceptors (Lipinski definition) is 2. The Labute approximate surface area is 147 Å². The first kappa shape index (κ1) is 16.4. The summed E-state index contributed by atoms with van der Waals surface area (Å²) in [6.45, 7) is -0.413. The highest BCUT2D eigenvalue weighted by Gasteiger charge is 2.12. The van der Waals surface area contributed by atoms with Crippen LogP contribution in [0, 0.1) is 17.5 Å². The van der Waals surface area contributed by atoms with Crippen LogP contribution >= 0.6 is 0 Å². The summed E-state index contributed by atoms with van der Waals surface area (Å²) >= 11 is 0. The first-order chi connectivity index (χ1) is 12.6. The van der Waals surface area contributed by atoms with Crippen LogP contribution in [0.5, 0.6) is 0 Å². The van der Waals surface area contributed by atoms with Crippen molar-refractivity contribution in [2.75, 3.05) is 0 Å². The van der Waals surface area contributed by atoms with Crippen molar-refractivity contribution in [2.24, 2.45) is 0 Å². The summed E-state index contributed by atoms with van der Waals surface area (Å²) in [7, 11) is 0. The van der Waals surface area contributed by atoms with Crippen LogP contribution in [0.3, 0.4) is 0 Å². The van der Waals surface area contributed by atoms with Crippen LogP contribution in [0.2, 0.25) is 0 Å². The third-order valence-electron chi connectivity index (χ3n) is 4.25. The topological polar surface area (TPSA) is 37.5 Å². The van der Waals surface area contributed by atoms with E-state index in [1.54, 1.807) is 41.1 Å². The second-order valence-electron chi connectivity index (χ2n) is 5.86. The van der Waals surface area contributed by atoms with E-state index in [4.69, 9.17) is 0 Å². The fourth-order valence-electron chi connectivity index (χ4n) is 2.94. The lowest BCUT2D eigenvalue weighted by Gasteiger charge is -2.09. The third kappa shape index (κ3) is 2.74. The molecule has 4 rings (SSSR count). The molecule has 0 fully saturated rings. The molecule has 0 aliphatic heterocycles. The Hall–Kier alpha value is -3.12. The van der Waals surface area contributed by atoms with Gasteiger partial charge in [0.2, 0.25) is 0 Å². The minimum atomic E-state index is -0.937. The van der Waals surface area contributed by atoms with Gasteiger partial charge in [0.25, 0.3) is 0 Å². The van der Waals surface area contributed by atoms with E-state index in [1.165, 1.54) is 12.1 Å². The van der Waals surface area contributed by atoms with Gasteiger partial charge >= 0.3 is 0 Å². The highest BCUT2D eigenvalue weighted by molar-refractivity contribution is 5.70. The fraction of sp³-hybridized carbons (Fsp3) is 0.0500. The summed E-state index contributed by atoms with van der Waals surface area (Å²) in [5, 5.41) is 9.45. The number of halogens is 3. The Morgan fingerprint density at radius 3 is 2.42 bits per heavy atom. The van der Waals surface area contributed by atoms with Gasteiger partial charge < -0.3 is 9.51 Å². The van der Waals surface area contributed by atoms with Crippen LogP contribution in [0.1, 0.15) is 5.56 Å². The molecule has 1 N–H and O–H groups in total. The number of benzene rings is 2. The monoisotopic (exact) mass is 354 g/mol. The molecule has 26 heavy (non-hydrogen) atoms. The number of fused-ring (bicyclic) bond motifs is 1. The molecule has 0 amide bonds. The number of aromatic nitrogens is 2. The lowest BCUT2D eigenvalue weighted by molar-refractivity contribution is 0.276. The van der Waals surface area contributed by atoms with Gasteiger partial charge in [-0.2, -0.15) is 0 Å². The highest BCUT2D eigenvalue weighted by atomic mass is 19.2.